The van der Waals surface area contributed by atoms with Gasteiger partial charge in [0, 0.05) is 12.8 Å². The molecule has 0 saturated carbocycles. The first-order chi connectivity index (χ1) is 9.46. The third-order valence-corrected chi connectivity index (χ3v) is 5.21. The standard InChI is InChI=1S/C16H27IO3/c1-11-6-8-16(19-14(11)5-4-13(3)17)9-7-12(2)15(10-18)20-16/h4,11-12,14-15,18H,5-10H2,1-3H3/b13-4+/t11-,12-,14+,15-,16-/m0/s1. The van der Waals surface area contributed by atoms with Crippen LogP contribution in [0.4, 0.5) is 0 Å². The number of hydrogen-bond donors (Lipinski definition) is 1. The summed E-state index contributed by atoms with van der Waals surface area (Å²) in [4.78, 5) is 0. The van der Waals surface area contributed by atoms with Gasteiger partial charge in [0.05, 0.1) is 18.8 Å². The molecule has 4 heteroatoms. The van der Waals surface area contributed by atoms with Gasteiger partial charge in [0.1, 0.15) is 0 Å². The Bertz CT molecular complexity index is 350. The van der Waals surface area contributed by atoms with Crippen molar-refractivity contribution in [2.24, 2.45) is 11.8 Å². The summed E-state index contributed by atoms with van der Waals surface area (Å²) in [5.41, 5.74) is 0. The molecule has 2 rings (SSSR count). The number of aliphatic hydroxyl groups excluding tert-OH is 1. The van der Waals surface area contributed by atoms with Gasteiger partial charge in [-0.15, -0.1) is 0 Å². The average molecular weight is 394 g/mol. The van der Waals surface area contributed by atoms with Gasteiger partial charge < -0.3 is 14.6 Å². The van der Waals surface area contributed by atoms with Gasteiger partial charge in [-0.25, -0.2) is 0 Å². The average Bonchev–Trinajstić information content (AvgIpc) is 2.43. The number of allylic oxidation sites excluding steroid dienone is 1. The summed E-state index contributed by atoms with van der Waals surface area (Å²) >= 11 is 2.34. The highest BCUT2D eigenvalue weighted by Gasteiger charge is 2.46. The summed E-state index contributed by atoms with van der Waals surface area (Å²) in [7, 11) is 0. The van der Waals surface area contributed by atoms with Crippen LogP contribution in [-0.4, -0.2) is 29.7 Å². The molecule has 1 N–H and O–H groups in total. The Balaban J connectivity index is 2.03. The number of hydrogen-bond acceptors (Lipinski definition) is 3. The Kier molecular flexibility index (Phi) is 5.91. The lowest BCUT2D eigenvalue weighted by atomic mass is 9.84. The van der Waals surface area contributed by atoms with E-state index in [1.807, 2.05) is 0 Å². The van der Waals surface area contributed by atoms with Crippen molar-refractivity contribution < 1.29 is 14.6 Å². The largest absolute Gasteiger partial charge is 0.394 e. The van der Waals surface area contributed by atoms with Crippen LogP contribution in [0.25, 0.3) is 0 Å². The highest BCUT2D eigenvalue weighted by molar-refractivity contribution is 14.1. The van der Waals surface area contributed by atoms with Crippen LogP contribution in [0.2, 0.25) is 0 Å². The van der Waals surface area contributed by atoms with Crippen molar-refractivity contribution in [1.29, 1.82) is 0 Å². The minimum atomic E-state index is -0.440. The van der Waals surface area contributed by atoms with Crippen LogP contribution in [0.3, 0.4) is 0 Å². The molecule has 0 aliphatic carbocycles. The maximum atomic E-state index is 9.48. The fourth-order valence-electron chi connectivity index (χ4n) is 3.22. The molecule has 0 amide bonds. The van der Waals surface area contributed by atoms with Crippen molar-refractivity contribution in [2.75, 3.05) is 6.61 Å². The van der Waals surface area contributed by atoms with E-state index < -0.39 is 5.79 Å². The van der Waals surface area contributed by atoms with Gasteiger partial charge in [-0.1, -0.05) is 19.9 Å². The number of ether oxygens (including phenoxy) is 2. The van der Waals surface area contributed by atoms with Crippen LogP contribution >= 0.6 is 22.6 Å². The Labute approximate surface area is 136 Å². The minimum absolute atomic E-state index is 0.0698. The fourth-order valence-corrected chi connectivity index (χ4v) is 3.47. The van der Waals surface area contributed by atoms with Gasteiger partial charge in [0.15, 0.2) is 5.79 Å². The van der Waals surface area contributed by atoms with E-state index in [9.17, 15) is 5.11 Å². The maximum Gasteiger partial charge on any atom is 0.169 e. The molecule has 2 aliphatic heterocycles. The first kappa shape index (κ1) is 16.7. The van der Waals surface area contributed by atoms with Gasteiger partial charge in [-0.05, 0) is 64.2 Å². The molecule has 0 bridgehead atoms. The number of aliphatic hydroxyl groups is 1. The molecule has 2 heterocycles. The Morgan fingerprint density at radius 1 is 1.20 bits per heavy atom. The van der Waals surface area contributed by atoms with Crippen molar-refractivity contribution >= 4 is 22.6 Å². The molecule has 3 nitrogen and oxygen atoms in total. The molecular formula is C16H27IO3. The quantitative estimate of drug-likeness (QED) is 0.735. The third-order valence-electron chi connectivity index (χ3n) is 4.77. The first-order valence-electron chi connectivity index (χ1n) is 7.74. The van der Waals surface area contributed by atoms with Crippen molar-refractivity contribution in [3.63, 3.8) is 0 Å². The summed E-state index contributed by atoms with van der Waals surface area (Å²) in [6, 6.07) is 0. The molecule has 0 aromatic carbocycles. The molecule has 116 valence electrons. The number of halogens is 1. The SMILES string of the molecule is C/C(I)=C\C[C@H]1O[C@@]2(CC[C@H](C)[C@H](CO)O2)CC[C@@H]1C. The molecule has 2 aliphatic rings. The van der Waals surface area contributed by atoms with E-state index in [1.165, 1.54) is 3.58 Å². The molecule has 0 radical (unpaired) electrons. The lowest BCUT2D eigenvalue weighted by Gasteiger charge is -2.49. The topological polar surface area (TPSA) is 38.7 Å². The molecule has 0 aromatic rings. The van der Waals surface area contributed by atoms with Crippen LogP contribution in [0.1, 0.15) is 52.9 Å². The van der Waals surface area contributed by atoms with Gasteiger partial charge >= 0.3 is 0 Å². The highest BCUT2D eigenvalue weighted by atomic mass is 127. The maximum absolute atomic E-state index is 9.48. The summed E-state index contributed by atoms with van der Waals surface area (Å²) in [6.45, 7) is 6.63. The van der Waals surface area contributed by atoms with Crippen molar-refractivity contribution in [3.8, 4) is 0 Å². The normalized spacial score (nSPS) is 43.0. The smallest absolute Gasteiger partial charge is 0.169 e. The second kappa shape index (κ2) is 7.07. The molecule has 0 aromatic heterocycles. The highest BCUT2D eigenvalue weighted by Crippen LogP contribution is 2.43. The summed E-state index contributed by atoms with van der Waals surface area (Å²) < 4.78 is 13.9. The van der Waals surface area contributed by atoms with Gasteiger partial charge in [0.25, 0.3) is 0 Å². The van der Waals surface area contributed by atoms with Gasteiger partial charge in [-0.2, -0.15) is 0 Å². The van der Waals surface area contributed by atoms with Gasteiger partial charge in [-0.3, -0.25) is 0 Å². The third kappa shape index (κ3) is 3.96. The Morgan fingerprint density at radius 3 is 2.30 bits per heavy atom. The lowest BCUT2D eigenvalue weighted by Crippen LogP contribution is -2.52. The molecule has 2 fully saturated rings. The molecule has 2 saturated heterocycles. The zero-order valence-electron chi connectivity index (χ0n) is 12.8. The van der Waals surface area contributed by atoms with Crippen molar-refractivity contribution in [2.45, 2.75) is 70.9 Å². The van der Waals surface area contributed by atoms with Gasteiger partial charge in [0.2, 0.25) is 0 Å². The van der Waals surface area contributed by atoms with Crippen LogP contribution in [0.5, 0.6) is 0 Å². The second-order valence-electron chi connectivity index (χ2n) is 6.46. The Hall–Kier alpha value is 0.350. The van der Waals surface area contributed by atoms with Crippen molar-refractivity contribution in [1.82, 2.24) is 0 Å². The summed E-state index contributed by atoms with van der Waals surface area (Å²) in [6.07, 6.45) is 7.51. The molecule has 0 unspecified atom stereocenters. The lowest BCUT2D eigenvalue weighted by molar-refractivity contribution is -0.333. The fraction of sp³-hybridized carbons (Fsp3) is 0.875. The number of rotatable bonds is 3. The van der Waals surface area contributed by atoms with Crippen LogP contribution in [-0.2, 0) is 9.47 Å². The monoisotopic (exact) mass is 394 g/mol. The van der Waals surface area contributed by atoms with E-state index in [0.29, 0.717) is 11.8 Å². The molecule has 5 atom stereocenters. The minimum Gasteiger partial charge on any atom is -0.394 e. The molecule has 1 spiro atoms. The van der Waals surface area contributed by atoms with E-state index in [-0.39, 0.29) is 18.8 Å². The first-order valence-corrected chi connectivity index (χ1v) is 8.82. The van der Waals surface area contributed by atoms with Crippen LogP contribution in [0.15, 0.2) is 9.66 Å². The van der Waals surface area contributed by atoms with Crippen LogP contribution < -0.4 is 0 Å². The zero-order chi connectivity index (χ0) is 14.8. The van der Waals surface area contributed by atoms with E-state index in [0.717, 1.165) is 32.1 Å². The van der Waals surface area contributed by atoms with E-state index >= 15 is 0 Å². The van der Waals surface area contributed by atoms with E-state index in [2.05, 4.69) is 49.4 Å². The predicted octanol–water partition coefficient (Wildman–Crippen LogP) is 4.03. The molecular weight excluding hydrogens is 367 g/mol. The summed E-state index contributed by atoms with van der Waals surface area (Å²) in [5, 5.41) is 9.48. The molecule has 20 heavy (non-hydrogen) atoms. The van der Waals surface area contributed by atoms with Crippen LogP contribution in [0, 0.1) is 11.8 Å². The predicted molar refractivity (Wildman–Crippen MR) is 88.8 cm³/mol. The second-order valence-corrected chi connectivity index (χ2v) is 8.17. The van der Waals surface area contributed by atoms with E-state index in [4.69, 9.17) is 9.47 Å². The van der Waals surface area contributed by atoms with E-state index in [1.54, 1.807) is 0 Å². The van der Waals surface area contributed by atoms with Crippen molar-refractivity contribution in [3.05, 3.63) is 9.66 Å². The summed E-state index contributed by atoms with van der Waals surface area (Å²) in [5.74, 6) is 0.552. The Morgan fingerprint density at radius 2 is 1.75 bits per heavy atom. The zero-order valence-corrected chi connectivity index (χ0v) is 14.9.